The van der Waals surface area contributed by atoms with Gasteiger partial charge in [-0.2, -0.15) is 0 Å². The molecule has 0 bridgehead atoms. The van der Waals surface area contributed by atoms with Crippen LogP contribution in [0.1, 0.15) is 72.1 Å². The van der Waals surface area contributed by atoms with Crippen LogP contribution in [0.4, 0.5) is 0 Å². The number of nitrogens with two attached hydrogens (primary N) is 1. The average Bonchev–Trinajstić information content (AvgIpc) is 2.82. The molecule has 0 spiro atoms. The number of unbranched alkanes of at least 4 members (excludes halogenated alkanes) is 2. The first kappa shape index (κ1) is 19.2. The molecule has 1 atom stereocenters. The molecule has 138 valence electrons. The van der Waals surface area contributed by atoms with Gasteiger partial charge in [0.15, 0.2) is 0 Å². The quantitative estimate of drug-likeness (QED) is 0.742. The number of carbonyl (C=O) groups is 2. The third kappa shape index (κ3) is 3.91. The molecule has 1 unspecified atom stereocenters. The molecular weight excluding hydrogens is 304 g/mol. The van der Waals surface area contributed by atoms with Crippen molar-refractivity contribution < 1.29 is 9.59 Å². The summed E-state index contributed by atoms with van der Waals surface area (Å²) < 4.78 is 0. The van der Waals surface area contributed by atoms with E-state index in [1.165, 1.54) is 0 Å². The molecule has 2 heterocycles. The predicted molar refractivity (Wildman–Crippen MR) is 95.0 cm³/mol. The highest BCUT2D eigenvalue weighted by Gasteiger charge is 2.51. The van der Waals surface area contributed by atoms with E-state index in [4.69, 9.17) is 5.73 Å². The minimum Gasteiger partial charge on any atom is -0.343 e. The first-order chi connectivity index (χ1) is 11.4. The van der Waals surface area contributed by atoms with Crippen LogP contribution in [0.5, 0.6) is 0 Å². The highest BCUT2D eigenvalue weighted by Crippen LogP contribution is 2.33. The first-order valence-electron chi connectivity index (χ1n) is 9.56. The van der Waals surface area contributed by atoms with E-state index in [0.29, 0.717) is 13.1 Å². The van der Waals surface area contributed by atoms with Crippen LogP contribution in [0.2, 0.25) is 0 Å². The van der Waals surface area contributed by atoms with Crippen LogP contribution in [0.25, 0.3) is 0 Å². The lowest BCUT2D eigenvalue weighted by Crippen LogP contribution is -2.53. The topological polar surface area (TPSA) is 78.7 Å². The summed E-state index contributed by atoms with van der Waals surface area (Å²) in [6.45, 7) is 7.35. The fourth-order valence-corrected chi connectivity index (χ4v) is 4.08. The van der Waals surface area contributed by atoms with Crippen LogP contribution < -0.4 is 11.1 Å². The van der Waals surface area contributed by atoms with Gasteiger partial charge in [-0.05, 0) is 25.7 Å². The molecule has 2 aliphatic rings. The molecule has 2 fully saturated rings. The Morgan fingerprint density at radius 3 is 2.21 bits per heavy atom. The number of amides is 2. The summed E-state index contributed by atoms with van der Waals surface area (Å²) in [5, 5.41) is 3.44. The fraction of sp³-hybridized carbons (Fsp3) is 0.889. The van der Waals surface area contributed by atoms with E-state index in [2.05, 4.69) is 19.2 Å². The molecule has 0 aliphatic carbocycles. The Labute approximate surface area is 146 Å². The number of rotatable bonds is 7. The van der Waals surface area contributed by atoms with Crippen LogP contribution in [-0.2, 0) is 9.59 Å². The zero-order valence-corrected chi connectivity index (χ0v) is 15.5. The Balaban J connectivity index is 2.08. The van der Waals surface area contributed by atoms with Crippen molar-refractivity contribution in [3.05, 3.63) is 0 Å². The molecule has 0 radical (unpaired) electrons. The second-order valence-electron chi connectivity index (χ2n) is 7.33. The maximum atomic E-state index is 13.3. The summed E-state index contributed by atoms with van der Waals surface area (Å²) in [6, 6.07) is 0.140. The van der Waals surface area contributed by atoms with Gasteiger partial charge in [-0.15, -0.1) is 0 Å². The molecule has 0 aromatic heterocycles. The Morgan fingerprint density at radius 1 is 1.21 bits per heavy atom. The van der Waals surface area contributed by atoms with Crippen molar-refractivity contribution >= 4 is 11.8 Å². The zero-order valence-electron chi connectivity index (χ0n) is 15.5. The van der Waals surface area contributed by atoms with Crippen molar-refractivity contribution in [2.75, 3.05) is 13.1 Å². The van der Waals surface area contributed by atoms with Crippen LogP contribution in [0.15, 0.2) is 0 Å². The van der Waals surface area contributed by atoms with Crippen LogP contribution >= 0.6 is 0 Å². The molecule has 24 heavy (non-hydrogen) atoms. The minimum absolute atomic E-state index is 0.115. The van der Waals surface area contributed by atoms with E-state index in [9.17, 15) is 9.59 Å². The smallest absolute Gasteiger partial charge is 0.245 e. The van der Waals surface area contributed by atoms with Gasteiger partial charge in [-0.3, -0.25) is 20.6 Å². The van der Waals surface area contributed by atoms with Gasteiger partial charge < -0.3 is 9.80 Å². The fourth-order valence-electron chi connectivity index (χ4n) is 4.08. The number of likely N-dealkylation sites (tertiary alicyclic amines) is 1. The molecular formula is C18H34N4O2. The van der Waals surface area contributed by atoms with E-state index < -0.39 is 11.8 Å². The maximum Gasteiger partial charge on any atom is 0.245 e. The second-order valence-corrected chi connectivity index (χ2v) is 7.33. The summed E-state index contributed by atoms with van der Waals surface area (Å²) >= 11 is 0. The maximum absolute atomic E-state index is 13.3. The van der Waals surface area contributed by atoms with Gasteiger partial charge in [0.2, 0.25) is 11.8 Å². The van der Waals surface area contributed by atoms with Crippen LogP contribution in [0, 0.1) is 0 Å². The number of piperidine rings is 1. The summed E-state index contributed by atoms with van der Waals surface area (Å²) in [6.07, 6.45) is 7.18. The minimum atomic E-state index is -0.483. The molecule has 6 nitrogen and oxygen atoms in total. The number of nitrogens with zero attached hydrogens (tertiary/aromatic N) is 2. The van der Waals surface area contributed by atoms with Gasteiger partial charge in [-0.1, -0.05) is 39.5 Å². The van der Waals surface area contributed by atoms with Gasteiger partial charge in [0.1, 0.15) is 11.8 Å². The average molecular weight is 338 g/mol. The van der Waals surface area contributed by atoms with Crippen molar-refractivity contribution in [1.82, 2.24) is 15.1 Å². The van der Waals surface area contributed by atoms with E-state index in [1.54, 1.807) is 6.92 Å². The molecule has 2 amide bonds. The molecule has 3 N–H and O–H groups in total. The monoisotopic (exact) mass is 338 g/mol. The third-order valence-electron chi connectivity index (χ3n) is 5.59. The largest absolute Gasteiger partial charge is 0.343 e. The Morgan fingerprint density at radius 2 is 1.75 bits per heavy atom. The summed E-state index contributed by atoms with van der Waals surface area (Å²) in [7, 11) is 0. The van der Waals surface area contributed by atoms with E-state index >= 15 is 0 Å². The number of carbonyl (C=O) groups excluding carboxylic acids is 2. The Hall–Kier alpha value is -1.14. The van der Waals surface area contributed by atoms with E-state index in [1.807, 2.05) is 9.80 Å². The van der Waals surface area contributed by atoms with Crippen LogP contribution in [0.3, 0.4) is 0 Å². The summed E-state index contributed by atoms with van der Waals surface area (Å²) in [5.74, 6) is 0.294. The van der Waals surface area contributed by atoms with Crippen molar-refractivity contribution in [3.8, 4) is 0 Å². The van der Waals surface area contributed by atoms with E-state index in [-0.39, 0.29) is 17.9 Å². The molecule has 6 heteroatoms. The first-order valence-corrected chi connectivity index (χ1v) is 9.56. The van der Waals surface area contributed by atoms with Crippen molar-refractivity contribution in [1.29, 1.82) is 0 Å². The summed E-state index contributed by atoms with van der Waals surface area (Å²) in [4.78, 5) is 28.5. The lowest BCUT2D eigenvalue weighted by molar-refractivity contribution is -0.137. The van der Waals surface area contributed by atoms with E-state index in [0.717, 1.165) is 51.4 Å². The van der Waals surface area contributed by atoms with Crippen molar-refractivity contribution in [2.24, 2.45) is 5.73 Å². The highest BCUT2D eigenvalue weighted by molar-refractivity contribution is 5.89. The molecule has 2 rings (SSSR count). The SMILES string of the molecule is CCCCC1(CCCC)NC(N)N(C2CCN(C(C)=O)CC2)C1=O. The number of hydrogen-bond acceptors (Lipinski definition) is 4. The normalized spacial score (nSPS) is 24.7. The van der Waals surface area contributed by atoms with Crippen molar-refractivity contribution in [3.63, 3.8) is 0 Å². The van der Waals surface area contributed by atoms with Gasteiger partial charge in [0.25, 0.3) is 0 Å². The van der Waals surface area contributed by atoms with Crippen molar-refractivity contribution in [2.45, 2.75) is 90.0 Å². The Bertz CT molecular complexity index is 438. The number of hydrogen-bond donors (Lipinski definition) is 2. The van der Waals surface area contributed by atoms with Gasteiger partial charge in [0.05, 0.1) is 0 Å². The number of nitrogens with one attached hydrogen (secondary N) is 1. The van der Waals surface area contributed by atoms with Crippen LogP contribution in [-0.4, -0.2) is 52.6 Å². The lowest BCUT2D eigenvalue weighted by Gasteiger charge is -2.38. The predicted octanol–water partition coefficient (Wildman–Crippen LogP) is 1.79. The standard InChI is InChI=1S/C18H34N4O2/c1-4-6-10-18(11-7-5-2)16(24)22(17(19)20-18)15-8-12-21(13-9-15)14(3)23/h15,17,20H,4-13,19H2,1-3H3. The zero-order chi connectivity index (χ0) is 17.7. The molecule has 2 saturated heterocycles. The van der Waals surface area contributed by atoms with Gasteiger partial charge in [-0.25, -0.2) is 0 Å². The molecule has 0 aromatic rings. The van der Waals surface area contributed by atoms with Gasteiger partial charge in [0, 0.05) is 26.1 Å². The van der Waals surface area contributed by atoms with Gasteiger partial charge >= 0.3 is 0 Å². The second kappa shape index (κ2) is 8.30. The summed E-state index contributed by atoms with van der Waals surface area (Å²) in [5.41, 5.74) is 5.84. The lowest BCUT2D eigenvalue weighted by atomic mass is 9.86. The highest BCUT2D eigenvalue weighted by atomic mass is 16.2. The molecule has 0 aromatic carbocycles. The third-order valence-corrected chi connectivity index (χ3v) is 5.59. The molecule has 0 saturated carbocycles. The Kier molecular flexibility index (Phi) is 6.63. The molecule has 2 aliphatic heterocycles.